The smallest absolute Gasteiger partial charge is 0.338 e. The van der Waals surface area contributed by atoms with Gasteiger partial charge in [-0.3, -0.25) is 19.3 Å². The lowest BCUT2D eigenvalue weighted by Crippen LogP contribution is -2.28. The van der Waals surface area contributed by atoms with Gasteiger partial charge in [0.2, 0.25) is 0 Å². The maximum Gasteiger partial charge on any atom is 0.338 e. The van der Waals surface area contributed by atoms with E-state index in [1.807, 2.05) is 0 Å². The largest absolute Gasteiger partial charge is 0.467 e. The number of rotatable bonds is 6. The van der Waals surface area contributed by atoms with Gasteiger partial charge in [0.1, 0.15) is 11.6 Å². The zero-order valence-corrected chi connectivity index (χ0v) is 15.5. The molecule has 0 saturated carbocycles. The highest BCUT2D eigenvalue weighted by Gasteiger charge is 2.36. The van der Waals surface area contributed by atoms with Gasteiger partial charge in [-0.05, 0) is 42.5 Å². The summed E-state index contributed by atoms with van der Waals surface area (Å²) < 4.78 is 23.4. The van der Waals surface area contributed by atoms with E-state index in [-0.39, 0.29) is 28.8 Å². The van der Waals surface area contributed by atoms with Gasteiger partial charge in [-0.1, -0.05) is 12.1 Å². The van der Waals surface area contributed by atoms with Crippen molar-refractivity contribution in [3.8, 4) is 0 Å². The fourth-order valence-corrected chi connectivity index (χ4v) is 3.08. The third kappa shape index (κ3) is 3.62. The van der Waals surface area contributed by atoms with Crippen LogP contribution >= 0.6 is 0 Å². The Morgan fingerprint density at radius 2 is 1.73 bits per heavy atom. The van der Waals surface area contributed by atoms with E-state index in [1.54, 1.807) is 12.1 Å². The Bertz CT molecular complexity index is 1170. The summed E-state index contributed by atoms with van der Waals surface area (Å²) in [6.45, 7) is -0.613. The summed E-state index contributed by atoms with van der Waals surface area (Å²) >= 11 is 0. The Balaban J connectivity index is 1.46. The number of halogens is 1. The first-order chi connectivity index (χ1) is 14.4. The first-order valence-electron chi connectivity index (χ1n) is 8.92. The van der Waals surface area contributed by atoms with Crippen molar-refractivity contribution in [1.29, 1.82) is 0 Å². The van der Waals surface area contributed by atoms with E-state index in [1.165, 1.54) is 42.7 Å². The van der Waals surface area contributed by atoms with Crippen LogP contribution in [0.25, 0.3) is 0 Å². The fraction of sp³-hybridized carbons (Fsp3) is 0.0909. The molecule has 0 fully saturated rings. The van der Waals surface area contributed by atoms with Gasteiger partial charge >= 0.3 is 5.97 Å². The minimum absolute atomic E-state index is 0.0155. The number of hydrogen-bond donors (Lipinski definition) is 0. The number of fused-ring (bicyclic) bond motifs is 1. The number of carbonyl (C=O) groups excluding carboxylic acids is 4. The number of furan rings is 1. The van der Waals surface area contributed by atoms with Gasteiger partial charge < -0.3 is 9.15 Å². The van der Waals surface area contributed by atoms with E-state index in [4.69, 9.17) is 9.15 Å². The Morgan fingerprint density at radius 1 is 0.933 bits per heavy atom. The highest BCUT2D eigenvalue weighted by molar-refractivity contribution is 6.21. The van der Waals surface area contributed by atoms with Crippen molar-refractivity contribution in [1.82, 2.24) is 4.90 Å². The molecule has 0 unspecified atom stereocenters. The number of benzene rings is 2. The van der Waals surface area contributed by atoms with Crippen LogP contribution in [0.2, 0.25) is 0 Å². The first-order valence-corrected chi connectivity index (χ1v) is 8.92. The predicted octanol–water partition coefficient (Wildman–Crippen LogP) is 3.25. The molecule has 30 heavy (non-hydrogen) atoms. The molecule has 0 spiro atoms. The van der Waals surface area contributed by atoms with Gasteiger partial charge in [0.15, 0.2) is 12.4 Å². The minimum Gasteiger partial charge on any atom is -0.467 e. The zero-order valence-electron chi connectivity index (χ0n) is 15.5. The summed E-state index contributed by atoms with van der Waals surface area (Å²) in [7, 11) is 0. The van der Waals surface area contributed by atoms with Crippen molar-refractivity contribution in [2.45, 2.75) is 6.54 Å². The summed E-state index contributed by atoms with van der Waals surface area (Å²) in [6.07, 6.45) is 1.44. The van der Waals surface area contributed by atoms with Crippen LogP contribution in [0.4, 0.5) is 4.39 Å². The topological polar surface area (TPSA) is 93.9 Å². The molecular weight excluding hydrogens is 393 g/mol. The van der Waals surface area contributed by atoms with Crippen LogP contribution < -0.4 is 0 Å². The molecule has 3 aromatic rings. The fourth-order valence-electron chi connectivity index (χ4n) is 3.08. The molecule has 1 aromatic heterocycles. The maximum atomic E-state index is 13.2. The number of carbonyl (C=O) groups is 4. The third-order valence-corrected chi connectivity index (χ3v) is 4.58. The van der Waals surface area contributed by atoms with Gasteiger partial charge in [-0.25, -0.2) is 9.18 Å². The molecule has 8 heteroatoms. The van der Waals surface area contributed by atoms with E-state index in [2.05, 4.69) is 0 Å². The van der Waals surface area contributed by atoms with Crippen molar-refractivity contribution in [2.75, 3.05) is 6.61 Å². The van der Waals surface area contributed by atoms with Crippen LogP contribution in [0.1, 0.15) is 47.2 Å². The maximum absolute atomic E-state index is 13.2. The summed E-state index contributed by atoms with van der Waals surface area (Å²) in [5, 5.41) is 0. The van der Waals surface area contributed by atoms with E-state index in [0.29, 0.717) is 5.76 Å². The van der Waals surface area contributed by atoms with Gasteiger partial charge in [-0.2, -0.15) is 0 Å². The van der Waals surface area contributed by atoms with Crippen LogP contribution in [0.3, 0.4) is 0 Å². The third-order valence-electron chi connectivity index (χ3n) is 4.58. The molecule has 2 amide bonds. The average molecular weight is 407 g/mol. The SMILES string of the molecule is O=C(COC(=O)c1ccc2c(c1)C(=O)N(Cc1ccco1)C2=O)c1cccc(F)c1. The number of hydrogen-bond acceptors (Lipinski definition) is 6. The highest BCUT2D eigenvalue weighted by Crippen LogP contribution is 2.26. The lowest BCUT2D eigenvalue weighted by molar-refractivity contribution is 0.0474. The molecule has 2 heterocycles. The molecule has 1 aliphatic heterocycles. The molecule has 7 nitrogen and oxygen atoms in total. The minimum atomic E-state index is -0.840. The van der Waals surface area contributed by atoms with Crippen LogP contribution in [-0.2, 0) is 11.3 Å². The molecule has 0 saturated heterocycles. The van der Waals surface area contributed by atoms with Crippen LogP contribution in [-0.4, -0.2) is 35.1 Å². The highest BCUT2D eigenvalue weighted by atomic mass is 19.1. The van der Waals surface area contributed by atoms with Crippen molar-refractivity contribution >= 4 is 23.6 Å². The molecule has 0 atom stereocenters. The molecule has 2 aromatic carbocycles. The molecule has 0 radical (unpaired) electrons. The van der Waals surface area contributed by atoms with E-state index < -0.39 is 36.0 Å². The number of nitrogens with zero attached hydrogens (tertiary/aromatic N) is 1. The van der Waals surface area contributed by atoms with Gasteiger partial charge in [0.05, 0.1) is 29.5 Å². The van der Waals surface area contributed by atoms with Gasteiger partial charge in [-0.15, -0.1) is 0 Å². The molecule has 0 aliphatic carbocycles. The second-order valence-corrected chi connectivity index (χ2v) is 6.55. The Labute approximate surface area is 169 Å². The number of ketones is 1. The quantitative estimate of drug-likeness (QED) is 0.354. The van der Waals surface area contributed by atoms with E-state index >= 15 is 0 Å². The van der Waals surface area contributed by atoms with Crippen molar-refractivity contribution < 1.29 is 32.7 Å². The van der Waals surface area contributed by atoms with Crippen LogP contribution in [0, 0.1) is 5.82 Å². The molecule has 0 N–H and O–H groups in total. The molecular formula is C22H14FNO6. The second-order valence-electron chi connectivity index (χ2n) is 6.55. The zero-order chi connectivity index (χ0) is 21.3. The molecule has 4 rings (SSSR count). The van der Waals surface area contributed by atoms with Gasteiger partial charge in [0, 0.05) is 5.56 Å². The Hall–Kier alpha value is -4.07. The number of ether oxygens (including phenoxy) is 1. The predicted molar refractivity (Wildman–Crippen MR) is 100 cm³/mol. The molecule has 0 bridgehead atoms. The summed E-state index contributed by atoms with van der Waals surface area (Å²) in [4.78, 5) is 50.5. The summed E-state index contributed by atoms with van der Waals surface area (Å²) in [5.74, 6) is -2.59. The van der Waals surface area contributed by atoms with Crippen molar-refractivity contribution in [3.05, 3.63) is 94.7 Å². The average Bonchev–Trinajstić information content (AvgIpc) is 3.34. The van der Waals surface area contributed by atoms with Crippen LogP contribution in [0.5, 0.6) is 0 Å². The number of imide groups is 1. The molecule has 1 aliphatic rings. The normalized spacial score (nSPS) is 12.8. The standard InChI is InChI=1S/C22H14FNO6/c23-15-4-1-3-13(9-15)19(25)12-30-22(28)14-6-7-17-18(10-14)21(27)24(20(17)26)11-16-5-2-8-29-16/h1-10H,11-12H2. The number of Topliss-reactive ketones (excluding diaryl/α,β-unsaturated/α-hetero) is 1. The van der Waals surface area contributed by atoms with Crippen molar-refractivity contribution in [3.63, 3.8) is 0 Å². The second kappa shape index (κ2) is 7.75. The summed E-state index contributed by atoms with van der Waals surface area (Å²) in [5.41, 5.74) is 0.323. The first kappa shape index (κ1) is 19.3. The van der Waals surface area contributed by atoms with Crippen molar-refractivity contribution in [2.24, 2.45) is 0 Å². The molecule has 150 valence electrons. The van der Waals surface area contributed by atoms with Gasteiger partial charge in [0.25, 0.3) is 11.8 Å². The van der Waals surface area contributed by atoms with E-state index in [9.17, 15) is 23.6 Å². The van der Waals surface area contributed by atoms with E-state index in [0.717, 1.165) is 11.0 Å². The summed E-state index contributed by atoms with van der Waals surface area (Å²) in [6, 6.07) is 12.3. The van der Waals surface area contributed by atoms with Crippen LogP contribution in [0.15, 0.2) is 65.3 Å². The number of esters is 1. The lowest BCUT2D eigenvalue weighted by Gasteiger charge is -2.11. The lowest BCUT2D eigenvalue weighted by atomic mass is 10.1. The Kier molecular flexibility index (Phi) is 4.97. The monoisotopic (exact) mass is 407 g/mol. The Morgan fingerprint density at radius 3 is 2.47 bits per heavy atom. The number of amides is 2.